The molecule has 0 aromatic heterocycles. The van der Waals surface area contributed by atoms with Crippen molar-refractivity contribution < 1.29 is 14.3 Å². The van der Waals surface area contributed by atoms with Crippen molar-refractivity contribution in [1.82, 2.24) is 0 Å². The molecule has 1 aliphatic heterocycles. The highest BCUT2D eigenvalue weighted by Gasteiger charge is 2.24. The average Bonchev–Trinajstić information content (AvgIpc) is 3.11. The monoisotopic (exact) mass is 369 g/mol. The lowest BCUT2D eigenvalue weighted by Crippen LogP contribution is -2.05. The number of ether oxygens (including phenoxy) is 2. The summed E-state index contributed by atoms with van der Waals surface area (Å²) in [6.45, 7) is 2.55. The van der Waals surface area contributed by atoms with Crippen LogP contribution in [0.4, 0.5) is 0 Å². The van der Waals surface area contributed by atoms with Crippen molar-refractivity contribution in [3.05, 3.63) is 95.7 Å². The van der Waals surface area contributed by atoms with E-state index in [1.54, 1.807) is 6.08 Å². The lowest BCUT2D eigenvalue weighted by atomic mass is 10.0. The molecule has 1 aliphatic rings. The van der Waals surface area contributed by atoms with E-state index in [4.69, 9.17) is 9.47 Å². The van der Waals surface area contributed by atoms with Gasteiger partial charge in [-0.25, -0.2) is 9.79 Å². The maximum Gasteiger partial charge on any atom is 0.363 e. The summed E-state index contributed by atoms with van der Waals surface area (Å²) in [6.07, 6.45) is 1.71. The number of hydrogen-bond acceptors (Lipinski definition) is 4. The first-order chi connectivity index (χ1) is 13.7. The fourth-order valence-electron chi connectivity index (χ4n) is 2.95. The van der Waals surface area contributed by atoms with E-state index in [1.165, 1.54) is 0 Å². The lowest BCUT2D eigenvalue weighted by Gasteiger charge is -2.03. The summed E-state index contributed by atoms with van der Waals surface area (Å²) in [4.78, 5) is 16.6. The molecule has 0 radical (unpaired) electrons. The standard InChI is InChI=1S/C24H19NO3/c1-2-27-21-14-8-17(9-15-21)16-22-24(26)28-23(25-22)20-12-10-19(11-13-20)18-6-4-3-5-7-18/h3-16H,2H2,1H3/b22-16-. The zero-order chi connectivity index (χ0) is 19.3. The normalized spacial score (nSPS) is 14.7. The first kappa shape index (κ1) is 17.7. The van der Waals surface area contributed by atoms with E-state index in [1.807, 2.05) is 73.7 Å². The van der Waals surface area contributed by atoms with Crippen LogP contribution in [0, 0.1) is 0 Å². The molecule has 138 valence electrons. The Morgan fingerprint density at radius 3 is 2.18 bits per heavy atom. The molecule has 4 rings (SSSR count). The van der Waals surface area contributed by atoms with Crippen molar-refractivity contribution in [2.24, 2.45) is 4.99 Å². The molecule has 0 atom stereocenters. The highest BCUT2D eigenvalue weighted by Crippen LogP contribution is 2.23. The van der Waals surface area contributed by atoms with Gasteiger partial charge in [0, 0.05) is 5.56 Å². The number of hydrogen-bond donors (Lipinski definition) is 0. The Balaban J connectivity index is 1.55. The van der Waals surface area contributed by atoms with Gasteiger partial charge in [-0.15, -0.1) is 0 Å². The molecule has 0 aliphatic carbocycles. The second kappa shape index (κ2) is 7.92. The first-order valence-electron chi connectivity index (χ1n) is 9.14. The Kier molecular flexibility index (Phi) is 5.02. The Morgan fingerprint density at radius 2 is 1.50 bits per heavy atom. The Morgan fingerprint density at radius 1 is 0.857 bits per heavy atom. The van der Waals surface area contributed by atoms with Crippen LogP contribution in [-0.2, 0) is 9.53 Å². The smallest absolute Gasteiger partial charge is 0.363 e. The van der Waals surface area contributed by atoms with Crippen LogP contribution in [0.15, 0.2) is 89.6 Å². The summed E-state index contributed by atoms with van der Waals surface area (Å²) in [6, 6.07) is 25.4. The van der Waals surface area contributed by atoms with Gasteiger partial charge in [-0.3, -0.25) is 0 Å². The molecule has 0 N–H and O–H groups in total. The van der Waals surface area contributed by atoms with E-state index in [0.717, 1.165) is 28.0 Å². The van der Waals surface area contributed by atoms with Crippen LogP contribution < -0.4 is 4.74 Å². The molecule has 0 saturated heterocycles. The van der Waals surface area contributed by atoms with E-state index >= 15 is 0 Å². The van der Waals surface area contributed by atoms with E-state index in [-0.39, 0.29) is 5.70 Å². The number of rotatable bonds is 5. The maximum absolute atomic E-state index is 12.2. The zero-order valence-electron chi connectivity index (χ0n) is 15.5. The van der Waals surface area contributed by atoms with Crippen LogP contribution in [0.3, 0.4) is 0 Å². The minimum atomic E-state index is -0.448. The molecule has 0 unspecified atom stereocenters. The fourth-order valence-corrected chi connectivity index (χ4v) is 2.95. The molecule has 0 amide bonds. The van der Waals surface area contributed by atoms with Crippen molar-refractivity contribution in [2.75, 3.05) is 6.61 Å². The molecule has 0 bridgehead atoms. The van der Waals surface area contributed by atoms with Crippen LogP contribution >= 0.6 is 0 Å². The molecule has 0 spiro atoms. The molecular formula is C24H19NO3. The quantitative estimate of drug-likeness (QED) is 0.464. The third-order valence-electron chi connectivity index (χ3n) is 4.35. The Bertz CT molecular complexity index is 1030. The number of aliphatic imine (C=N–C) groups is 1. The summed E-state index contributed by atoms with van der Waals surface area (Å²) in [5, 5.41) is 0. The predicted octanol–water partition coefficient (Wildman–Crippen LogP) is 5.10. The van der Waals surface area contributed by atoms with Gasteiger partial charge in [-0.05, 0) is 54.0 Å². The van der Waals surface area contributed by atoms with Crippen LogP contribution in [0.2, 0.25) is 0 Å². The van der Waals surface area contributed by atoms with Gasteiger partial charge in [-0.2, -0.15) is 0 Å². The number of carbonyl (C=O) groups excluding carboxylic acids is 1. The van der Waals surface area contributed by atoms with Gasteiger partial charge in [0.1, 0.15) is 5.75 Å². The average molecular weight is 369 g/mol. The SMILES string of the molecule is CCOc1ccc(/C=C2\N=C(c3ccc(-c4ccccc4)cc3)OC2=O)cc1. The second-order valence-electron chi connectivity index (χ2n) is 6.28. The lowest BCUT2D eigenvalue weighted by molar-refractivity contribution is -0.129. The molecular weight excluding hydrogens is 350 g/mol. The minimum Gasteiger partial charge on any atom is -0.494 e. The molecule has 1 heterocycles. The van der Waals surface area contributed by atoms with Crippen LogP contribution in [0.25, 0.3) is 17.2 Å². The van der Waals surface area contributed by atoms with E-state index in [0.29, 0.717) is 12.5 Å². The van der Waals surface area contributed by atoms with E-state index in [9.17, 15) is 4.79 Å². The van der Waals surface area contributed by atoms with Crippen molar-refractivity contribution in [3.8, 4) is 16.9 Å². The summed E-state index contributed by atoms with van der Waals surface area (Å²) in [7, 11) is 0. The van der Waals surface area contributed by atoms with Gasteiger partial charge in [0.05, 0.1) is 6.61 Å². The van der Waals surface area contributed by atoms with Crippen LogP contribution in [0.5, 0.6) is 5.75 Å². The van der Waals surface area contributed by atoms with E-state index in [2.05, 4.69) is 17.1 Å². The fraction of sp³-hybridized carbons (Fsp3) is 0.0833. The second-order valence-corrected chi connectivity index (χ2v) is 6.28. The molecule has 0 saturated carbocycles. The van der Waals surface area contributed by atoms with Crippen molar-refractivity contribution >= 4 is 17.9 Å². The Hall–Kier alpha value is -3.66. The third kappa shape index (κ3) is 3.86. The highest BCUT2D eigenvalue weighted by molar-refractivity contribution is 6.12. The zero-order valence-corrected chi connectivity index (χ0v) is 15.5. The molecule has 0 fully saturated rings. The van der Waals surface area contributed by atoms with E-state index < -0.39 is 5.97 Å². The van der Waals surface area contributed by atoms with Gasteiger partial charge in [0.2, 0.25) is 5.90 Å². The van der Waals surface area contributed by atoms with Crippen molar-refractivity contribution in [3.63, 3.8) is 0 Å². The summed E-state index contributed by atoms with van der Waals surface area (Å²) < 4.78 is 10.8. The van der Waals surface area contributed by atoms with Gasteiger partial charge < -0.3 is 9.47 Å². The van der Waals surface area contributed by atoms with Gasteiger partial charge in [-0.1, -0.05) is 54.6 Å². The van der Waals surface area contributed by atoms with Crippen molar-refractivity contribution in [1.29, 1.82) is 0 Å². The molecule has 3 aromatic rings. The first-order valence-corrected chi connectivity index (χ1v) is 9.14. The summed E-state index contributed by atoms with van der Waals surface area (Å²) >= 11 is 0. The predicted molar refractivity (Wildman–Crippen MR) is 110 cm³/mol. The van der Waals surface area contributed by atoms with Crippen LogP contribution in [0.1, 0.15) is 18.1 Å². The number of cyclic esters (lactones) is 1. The minimum absolute atomic E-state index is 0.284. The summed E-state index contributed by atoms with van der Waals surface area (Å²) in [5.41, 5.74) is 4.14. The highest BCUT2D eigenvalue weighted by atomic mass is 16.6. The maximum atomic E-state index is 12.2. The largest absolute Gasteiger partial charge is 0.494 e. The third-order valence-corrected chi connectivity index (χ3v) is 4.35. The van der Waals surface area contributed by atoms with Gasteiger partial charge >= 0.3 is 5.97 Å². The number of nitrogens with zero attached hydrogens (tertiary/aromatic N) is 1. The van der Waals surface area contributed by atoms with Gasteiger partial charge in [0.15, 0.2) is 5.70 Å². The molecule has 3 aromatic carbocycles. The number of carbonyl (C=O) groups is 1. The van der Waals surface area contributed by atoms with Crippen molar-refractivity contribution in [2.45, 2.75) is 6.92 Å². The number of benzene rings is 3. The summed E-state index contributed by atoms with van der Waals surface area (Å²) in [5.74, 6) is 0.666. The Labute approximate surface area is 163 Å². The topological polar surface area (TPSA) is 47.9 Å². The number of esters is 1. The molecule has 28 heavy (non-hydrogen) atoms. The van der Waals surface area contributed by atoms with Gasteiger partial charge in [0.25, 0.3) is 0 Å². The molecule has 4 heteroatoms. The molecule has 4 nitrogen and oxygen atoms in total. The van der Waals surface area contributed by atoms with Crippen LogP contribution in [-0.4, -0.2) is 18.5 Å².